The molecule has 2 heterocycles. The van der Waals surface area contributed by atoms with E-state index in [2.05, 4.69) is 5.32 Å². The van der Waals surface area contributed by atoms with Crippen molar-refractivity contribution < 1.29 is 18.9 Å². The maximum atomic E-state index is 12.7. The predicted octanol–water partition coefficient (Wildman–Crippen LogP) is 2.46. The van der Waals surface area contributed by atoms with Gasteiger partial charge < -0.3 is 9.73 Å². The molecule has 1 aromatic carbocycles. The average molecular weight is 329 g/mol. The molecule has 8 heteroatoms. The molecular weight excluding hydrogens is 314 g/mol. The van der Waals surface area contributed by atoms with Crippen LogP contribution in [0.15, 0.2) is 40.8 Å². The zero-order valence-corrected chi connectivity index (χ0v) is 13.1. The molecule has 0 radical (unpaired) electrons. The summed E-state index contributed by atoms with van der Waals surface area (Å²) >= 11 is 0. The van der Waals surface area contributed by atoms with E-state index < -0.39 is 22.4 Å². The molecule has 1 aliphatic rings. The third kappa shape index (κ3) is 2.41. The van der Waals surface area contributed by atoms with E-state index in [0.29, 0.717) is 11.5 Å². The maximum absolute atomic E-state index is 12.7. The largest absolute Gasteiger partial charge is 0.463 e. The lowest BCUT2D eigenvalue weighted by atomic mass is 9.99. The van der Waals surface area contributed by atoms with Gasteiger partial charge in [0.1, 0.15) is 11.5 Å². The number of benzene rings is 1. The van der Waals surface area contributed by atoms with E-state index >= 15 is 0 Å². The number of aryl methyl sites for hydroxylation is 1. The molecule has 1 saturated heterocycles. The van der Waals surface area contributed by atoms with E-state index in [0.717, 1.165) is 4.90 Å². The maximum Gasteiger partial charge on any atom is 0.325 e. The first-order chi connectivity index (χ1) is 11.3. The van der Waals surface area contributed by atoms with Crippen LogP contribution in [-0.4, -0.2) is 21.8 Å². The number of hydrogen-bond donors (Lipinski definition) is 1. The van der Waals surface area contributed by atoms with Crippen LogP contribution in [0.3, 0.4) is 0 Å². The topological polar surface area (TPSA) is 106 Å². The molecule has 24 heavy (non-hydrogen) atoms. The van der Waals surface area contributed by atoms with Crippen LogP contribution in [0.5, 0.6) is 0 Å². The Morgan fingerprint density at radius 3 is 2.58 bits per heavy atom. The Labute approximate surface area is 137 Å². The van der Waals surface area contributed by atoms with Crippen molar-refractivity contribution in [2.75, 3.05) is 0 Å². The van der Waals surface area contributed by atoms with Crippen LogP contribution in [0.2, 0.25) is 0 Å². The second-order valence-corrected chi connectivity index (χ2v) is 5.74. The van der Waals surface area contributed by atoms with E-state index in [9.17, 15) is 19.7 Å². The number of furan rings is 1. The van der Waals surface area contributed by atoms with Crippen LogP contribution < -0.4 is 5.32 Å². The molecule has 3 rings (SSSR count). The zero-order chi connectivity index (χ0) is 17.5. The van der Waals surface area contributed by atoms with Gasteiger partial charge in [0.2, 0.25) is 0 Å². The molecule has 0 bridgehead atoms. The number of nitrogens with one attached hydrogen (secondary N) is 1. The summed E-state index contributed by atoms with van der Waals surface area (Å²) in [6.07, 6.45) is 0. The van der Waals surface area contributed by atoms with Gasteiger partial charge in [0.25, 0.3) is 11.6 Å². The molecule has 1 fully saturated rings. The van der Waals surface area contributed by atoms with Crippen LogP contribution in [-0.2, 0) is 16.9 Å². The fourth-order valence-corrected chi connectivity index (χ4v) is 2.70. The van der Waals surface area contributed by atoms with Gasteiger partial charge in [-0.15, -0.1) is 0 Å². The molecule has 1 aliphatic heterocycles. The lowest BCUT2D eigenvalue weighted by Crippen LogP contribution is -2.40. The summed E-state index contributed by atoms with van der Waals surface area (Å²) in [6.45, 7) is 3.10. The van der Waals surface area contributed by atoms with E-state index in [1.165, 1.54) is 18.2 Å². The highest BCUT2D eigenvalue weighted by atomic mass is 16.6. The molecule has 2 aromatic rings. The number of rotatable bonds is 4. The standard InChI is InChI=1S/C16H15N3O5/c1-10-7-8-13(24-10)16(2)14(20)18(15(21)17-16)9-11-5-3-4-6-12(11)19(22)23/h3-8H,9H2,1-2H3,(H,17,21). The molecule has 124 valence electrons. The highest BCUT2D eigenvalue weighted by Gasteiger charge is 2.51. The Kier molecular flexibility index (Phi) is 3.59. The minimum atomic E-state index is -1.32. The van der Waals surface area contributed by atoms with Crippen LogP contribution in [0, 0.1) is 17.0 Å². The van der Waals surface area contributed by atoms with Crippen molar-refractivity contribution >= 4 is 17.6 Å². The number of nitro benzene ring substituents is 1. The van der Waals surface area contributed by atoms with Gasteiger partial charge in [0, 0.05) is 11.6 Å². The average Bonchev–Trinajstić information content (AvgIpc) is 3.06. The smallest absolute Gasteiger partial charge is 0.325 e. The Hall–Kier alpha value is -3.16. The third-order valence-corrected chi connectivity index (χ3v) is 4.02. The number of nitro groups is 1. The van der Waals surface area contributed by atoms with Gasteiger partial charge >= 0.3 is 6.03 Å². The number of nitrogens with zero attached hydrogens (tertiary/aromatic N) is 2. The van der Waals surface area contributed by atoms with Gasteiger partial charge in [0.05, 0.1) is 11.5 Å². The summed E-state index contributed by atoms with van der Waals surface area (Å²) in [7, 11) is 0. The van der Waals surface area contributed by atoms with Gasteiger partial charge in [-0.2, -0.15) is 0 Å². The molecule has 1 unspecified atom stereocenters. The molecule has 0 spiro atoms. The van der Waals surface area contributed by atoms with Crippen molar-refractivity contribution in [3.63, 3.8) is 0 Å². The van der Waals surface area contributed by atoms with Crippen LogP contribution in [0.4, 0.5) is 10.5 Å². The highest BCUT2D eigenvalue weighted by Crippen LogP contribution is 2.32. The Morgan fingerprint density at radius 1 is 1.25 bits per heavy atom. The summed E-state index contributed by atoms with van der Waals surface area (Å²) < 4.78 is 5.48. The molecule has 1 aromatic heterocycles. The summed E-state index contributed by atoms with van der Waals surface area (Å²) in [5.41, 5.74) is -1.18. The lowest BCUT2D eigenvalue weighted by molar-refractivity contribution is -0.385. The van der Waals surface area contributed by atoms with Crippen molar-refractivity contribution in [2.24, 2.45) is 0 Å². The highest BCUT2D eigenvalue weighted by molar-refractivity contribution is 6.06. The van der Waals surface area contributed by atoms with Crippen molar-refractivity contribution in [2.45, 2.75) is 25.9 Å². The minimum absolute atomic E-state index is 0.138. The number of imide groups is 1. The Morgan fingerprint density at radius 2 is 1.96 bits per heavy atom. The number of carbonyl (C=O) groups is 2. The monoisotopic (exact) mass is 329 g/mol. The summed E-state index contributed by atoms with van der Waals surface area (Å²) in [5.74, 6) is 0.425. The van der Waals surface area contributed by atoms with E-state index in [-0.39, 0.29) is 17.8 Å². The van der Waals surface area contributed by atoms with Gasteiger partial charge in [-0.3, -0.25) is 19.8 Å². The van der Waals surface area contributed by atoms with E-state index in [4.69, 9.17) is 4.42 Å². The first-order valence-corrected chi connectivity index (χ1v) is 7.26. The minimum Gasteiger partial charge on any atom is -0.463 e. The molecular formula is C16H15N3O5. The van der Waals surface area contributed by atoms with Gasteiger partial charge in [-0.05, 0) is 26.0 Å². The normalized spacial score (nSPS) is 20.3. The van der Waals surface area contributed by atoms with Crippen molar-refractivity contribution in [3.05, 3.63) is 63.6 Å². The van der Waals surface area contributed by atoms with Crippen LogP contribution >= 0.6 is 0 Å². The fraction of sp³-hybridized carbons (Fsp3) is 0.250. The van der Waals surface area contributed by atoms with Gasteiger partial charge in [0.15, 0.2) is 5.54 Å². The zero-order valence-electron chi connectivity index (χ0n) is 13.1. The predicted molar refractivity (Wildman–Crippen MR) is 83.0 cm³/mol. The fourth-order valence-electron chi connectivity index (χ4n) is 2.70. The van der Waals surface area contributed by atoms with Crippen molar-refractivity contribution in [1.82, 2.24) is 10.2 Å². The van der Waals surface area contributed by atoms with Gasteiger partial charge in [-0.1, -0.05) is 18.2 Å². The quantitative estimate of drug-likeness (QED) is 0.527. The molecule has 3 amide bonds. The summed E-state index contributed by atoms with van der Waals surface area (Å²) in [5, 5.41) is 13.7. The number of para-hydroxylation sites is 1. The summed E-state index contributed by atoms with van der Waals surface area (Å²) in [6, 6.07) is 8.72. The number of hydrogen-bond acceptors (Lipinski definition) is 5. The van der Waals surface area contributed by atoms with E-state index in [1.807, 2.05) is 0 Å². The first kappa shape index (κ1) is 15.7. The number of carbonyl (C=O) groups excluding carboxylic acids is 2. The number of amides is 3. The van der Waals surface area contributed by atoms with Crippen molar-refractivity contribution in [3.8, 4) is 0 Å². The SMILES string of the molecule is Cc1ccc(C2(C)NC(=O)N(Cc3ccccc3[N+](=O)[O-])C2=O)o1. The number of urea groups is 1. The first-order valence-electron chi connectivity index (χ1n) is 7.26. The molecule has 1 N–H and O–H groups in total. The molecule has 0 saturated carbocycles. The second kappa shape index (κ2) is 5.48. The van der Waals surface area contributed by atoms with Gasteiger partial charge in [-0.25, -0.2) is 4.79 Å². The van der Waals surface area contributed by atoms with Crippen LogP contribution in [0.1, 0.15) is 24.0 Å². The van der Waals surface area contributed by atoms with E-state index in [1.54, 1.807) is 32.0 Å². The second-order valence-electron chi connectivity index (χ2n) is 5.74. The molecule has 8 nitrogen and oxygen atoms in total. The lowest BCUT2D eigenvalue weighted by Gasteiger charge is -2.19. The molecule has 1 atom stereocenters. The Bertz CT molecular complexity index is 844. The summed E-state index contributed by atoms with van der Waals surface area (Å²) in [4.78, 5) is 36.5. The van der Waals surface area contributed by atoms with Crippen LogP contribution in [0.25, 0.3) is 0 Å². The third-order valence-electron chi connectivity index (χ3n) is 4.02. The van der Waals surface area contributed by atoms with Crippen molar-refractivity contribution in [1.29, 1.82) is 0 Å². The Balaban J connectivity index is 1.92. The molecule has 0 aliphatic carbocycles.